The lowest BCUT2D eigenvalue weighted by Crippen LogP contribution is -2.54. The zero-order valence-corrected chi connectivity index (χ0v) is 17.2. The summed E-state index contributed by atoms with van der Waals surface area (Å²) in [7, 11) is 0. The zero-order valence-electron chi connectivity index (χ0n) is 17.2. The first-order valence-electron chi connectivity index (χ1n) is 11.1. The summed E-state index contributed by atoms with van der Waals surface area (Å²) in [6.45, 7) is 6.45. The van der Waals surface area contributed by atoms with Crippen LogP contribution in [0.2, 0.25) is 0 Å². The second kappa shape index (κ2) is 6.77. The molecule has 4 aliphatic rings. The zero-order chi connectivity index (χ0) is 19.4. The van der Waals surface area contributed by atoms with Crippen LogP contribution >= 0.6 is 0 Å². The molecule has 152 valence electrons. The smallest absolute Gasteiger partial charge is 0.303 e. The summed E-state index contributed by atoms with van der Waals surface area (Å²) in [5, 5.41) is 9.20. The van der Waals surface area contributed by atoms with Gasteiger partial charge in [0.15, 0.2) is 0 Å². The number of carboxylic acids is 1. The molecular formula is C23H36O4. The second-order valence-electron chi connectivity index (χ2n) is 10.6. The molecule has 0 aliphatic heterocycles. The first-order chi connectivity index (χ1) is 12.7. The van der Waals surface area contributed by atoms with E-state index >= 15 is 0 Å². The average molecular weight is 377 g/mol. The highest BCUT2D eigenvalue weighted by Gasteiger charge is 2.61. The van der Waals surface area contributed by atoms with Crippen molar-refractivity contribution in [3.63, 3.8) is 0 Å². The third kappa shape index (κ3) is 3.11. The minimum Gasteiger partial charge on any atom is -0.481 e. The van der Waals surface area contributed by atoms with Gasteiger partial charge in [-0.05, 0) is 92.8 Å². The SMILES string of the molecule is CC(=O)O[C@H]1CC[C@@H]2[C@H]3CC[C@H]4C[C@@H](CC(=O)O)CC[C@]4(C)[C@H]3CC[C@]12C. The molecule has 0 spiro atoms. The summed E-state index contributed by atoms with van der Waals surface area (Å²) in [5.41, 5.74) is 0.551. The van der Waals surface area contributed by atoms with Gasteiger partial charge in [0.1, 0.15) is 6.10 Å². The topological polar surface area (TPSA) is 63.6 Å². The number of hydrogen-bond acceptors (Lipinski definition) is 3. The summed E-state index contributed by atoms with van der Waals surface area (Å²) in [5.74, 6) is 2.55. The van der Waals surface area contributed by atoms with Crippen LogP contribution in [0.3, 0.4) is 0 Å². The van der Waals surface area contributed by atoms with E-state index in [2.05, 4.69) is 13.8 Å². The van der Waals surface area contributed by atoms with E-state index in [-0.39, 0.29) is 17.5 Å². The Morgan fingerprint density at radius 3 is 2.37 bits per heavy atom. The molecule has 27 heavy (non-hydrogen) atoms. The van der Waals surface area contributed by atoms with Crippen LogP contribution in [0, 0.1) is 40.4 Å². The number of carbonyl (C=O) groups is 2. The van der Waals surface area contributed by atoms with Crippen molar-refractivity contribution in [2.75, 3.05) is 0 Å². The quantitative estimate of drug-likeness (QED) is 0.700. The Morgan fingerprint density at radius 1 is 0.963 bits per heavy atom. The molecule has 4 rings (SSSR count). The molecular weight excluding hydrogens is 340 g/mol. The van der Waals surface area contributed by atoms with Gasteiger partial charge in [0, 0.05) is 18.8 Å². The molecule has 4 saturated carbocycles. The van der Waals surface area contributed by atoms with E-state index in [0.717, 1.165) is 31.1 Å². The highest BCUT2D eigenvalue weighted by molar-refractivity contribution is 5.67. The normalized spacial score (nSPS) is 48.9. The van der Waals surface area contributed by atoms with Gasteiger partial charge in [0.2, 0.25) is 0 Å². The third-order valence-electron chi connectivity index (χ3n) is 9.46. The maximum atomic E-state index is 11.6. The third-order valence-corrected chi connectivity index (χ3v) is 9.46. The van der Waals surface area contributed by atoms with Gasteiger partial charge in [-0.25, -0.2) is 0 Å². The van der Waals surface area contributed by atoms with E-state index in [0.29, 0.717) is 29.6 Å². The van der Waals surface area contributed by atoms with Crippen LogP contribution in [0.15, 0.2) is 0 Å². The lowest BCUT2D eigenvalue weighted by atomic mass is 9.44. The maximum Gasteiger partial charge on any atom is 0.303 e. The van der Waals surface area contributed by atoms with Gasteiger partial charge in [0.25, 0.3) is 0 Å². The molecule has 4 fully saturated rings. The Morgan fingerprint density at radius 2 is 1.67 bits per heavy atom. The van der Waals surface area contributed by atoms with Gasteiger partial charge in [-0.2, -0.15) is 0 Å². The second-order valence-corrected chi connectivity index (χ2v) is 10.6. The van der Waals surface area contributed by atoms with Gasteiger partial charge < -0.3 is 9.84 Å². The molecule has 4 aliphatic carbocycles. The first-order valence-corrected chi connectivity index (χ1v) is 11.1. The van der Waals surface area contributed by atoms with Crippen LogP contribution in [0.25, 0.3) is 0 Å². The Kier molecular flexibility index (Phi) is 4.83. The molecule has 0 bridgehead atoms. The Balaban J connectivity index is 1.51. The number of aliphatic carboxylic acids is 1. The Labute approximate surface area is 163 Å². The van der Waals surface area contributed by atoms with Crippen LogP contribution < -0.4 is 0 Å². The highest BCUT2D eigenvalue weighted by Crippen LogP contribution is 2.67. The molecule has 0 aromatic heterocycles. The van der Waals surface area contributed by atoms with Gasteiger partial charge in [-0.15, -0.1) is 0 Å². The van der Waals surface area contributed by atoms with Crippen molar-refractivity contribution in [3.05, 3.63) is 0 Å². The fourth-order valence-electron chi connectivity index (χ4n) is 8.13. The lowest BCUT2D eigenvalue weighted by Gasteiger charge is -2.61. The monoisotopic (exact) mass is 376 g/mol. The number of esters is 1. The molecule has 0 saturated heterocycles. The predicted molar refractivity (Wildman–Crippen MR) is 103 cm³/mol. The van der Waals surface area contributed by atoms with Crippen molar-refractivity contribution < 1.29 is 19.4 Å². The molecule has 8 atom stereocenters. The van der Waals surface area contributed by atoms with Crippen LogP contribution in [0.1, 0.15) is 85.0 Å². The van der Waals surface area contributed by atoms with Crippen molar-refractivity contribution in [1.82, 2.24) is 0 Å². The minimum absolute atomic E-state index is 0.109. The number of carboxylic acid groups (broad SMARTS) is 1. The van der Waals surface area contributed by atoms with Crippen LogP contribution in [-0.4, -0.2) is 23.1 Å². The van der Waals surface area contributed by atoms with E-state index in [4.69, 9.17) is 4.74 Å². The number of rotatable bonds is 3. The van der Waals surface area contributed by atoms with E-state index in [1.807, 2.05) is 0 Å². The Hall–Kier alpha value is -1.06. The van der Waals surface area contributed by atoms with Gasteiger partial charge in [-0.3, -0.25) is 9.59 Å². The first kappa shape index (κ1) is 19.3. The van der Waals surface area contributed by atoms with Gasteiger partial charge >= 0.3 is 11.9 Å². The average Bonchev–Trinajstić information content (AvgIpc) is 2.91. The molecule has 4 nitrogen and oxygen atoms in total. The predicted octanol–water partition coefficient (Wildman–Crippen LogP) is 5.05. The van der Waals surface area contributed by atoms with Crippen LogP contribution in [-0.2, 0) is 14.3 Å². The largest absolute Gasteiger partial charge is 0.481 e. The molecule has 0 aromatic rings. The molecule has 1 N–H and O–H groups in total. The van der Waals surface area contributed by atoms with Crippen molar-refractivity contribution in [2.45, 2.75) is 91.1 Å². The van der Waals surface area contributed by atoms with E-state index in [1.54, 1.807) is 6.92 Å². The number of hydrogen-bond donors (Lipinski definition) is 1. The lowest BCUT2D eigenvalue weighted by molar-refractivity contribution is -0.162. The van der Waals surface area contributed by atoms with E-state index in [1.165, 1.54) is 38.5 Å². The summed E-state index contributed by atoms with van der Waals surface area (Å²) in [6, 6.07) is 0. The minimum atomic E-state index is -0.631. The molecule has 4 heteroatoms. The molecule has 0 aromatic carbocycles. The number of ether oxygens (including phenoxy) is 1. The Bertz CT molecular complexity index is 615. The summed E-state index contributed by atoms with van der Waals surface area (Å²) in [6.07, 6.45) is 11.1. The maximum absolute atomic E-state index is 11.6. The van der Waals surface area contributed by atoms with Gasteiger partial charge in [-0.1, -0.05) is 13.8 Å². The highest BCUT2D eigenvalue weighted by atomic mass is 16.5. The number of fused-ring (bicyclic) bond motifs is 5. The summed E-state index contributed by atoms with van der Waals surface area (Å²) >= 11 is 0. The van der Waals surface area contributed by atoms with Crippen molar-refractivity contribution in [3.8, 4) is 0 Å². The fourth-order valence-corrected chi connectivity index (χ4v) is 8.13. The fraction of sp³-hybridized carbons (Fsp3) is 0.913. The summed E-state index contributed by atoms with van der Waals surface area (Å²) < 4.78 is 5.75. The molecule has 0 heterocycles. The number of carbonyl (C=O) groups excluding carboxylic acids is 1. The van der Waals surface area contributed by atoms with E-state index < -0.39 is 5.97 Å². The van der Waals surface area contributed by atoms with Crippen molar-refractivity contribution in [1.29, 1.82) is 0 Å². The van der Waals surface area contributed by atoms with Crippen molar-refractivity contribution >= 4 is 11.9 Å². The van der Waals surface area contributed by atoms with Gasteiger partial charge in [0.05, 0.1) is 0 Å². The molecule has 0 amide bonds. The van der Waals surface area contributed by atoms with Crippen molar-refractivity contribution in [2.24, 2.45) is 40.4 Å². The van der Waals surface area contributed by atoms with Crippen LogP contribution in [0.4, 0.5) is 0 Å². The summed E-state index contributed by atoms with van der Waals surface area (Å²) in [4.78, 5) is 22.7. The van der Waals surface area contributed by atoms with Crippen LogP contribution in [0.5, 0.6) is 0 Å². The molecule has 0 radical (unpaired) electrons. The standard InChI is InChI=1S/C23H36O4/c1-14(24)27-20-7-6-18-17-5-4-16-12-15(13-21(25)26)8-10-22(16,2)19(17)9-11-23(18,20)3/h15-20H,4-13H2,1-3H3,(H,25,26)/t15-,16-,17+,18+,19-,20-,22-,23-/m0/s1. The van der Waals surface area contributed by atoms with E-state index in [9.17, 15) is 14.7 Å². The molecule has 0 unspecified atom stereocenters.